The fourth-order valence-corrected chi connectivity index (χ4v) is 1.80. The molecule has 5 nitrogen and oxygen atoms in total. The van der Waals surface area contributed by atoms with Crippen LogP contribution in [0.3, 0.4) is 0 Å². The van der Waals surface area contributed by atoms with Gasteiger partial charge in [-0.2, -0.15) is 0 Å². The number of carbonyl (C=O) groups is 2. The maximum atomic E-state index is 11.8. The minimum Gasteiger partial charge on any atom is -0.349 e. The molecule has 2 amide bonds. The summed E-state index contributed by atoms with van der Waals surface area (Å²) in [6, 6.07) is 5.20. The van der Waals surface area contributed by atoms with Crippen LogP contribution in [0.25, 0.3) is 0 Å². The Morgan fingerprint density at radius 1 is 1.44 bits per heavy atom. The van der Waals surface area contributed by atoms with Gasteiger partial charge in [0.25, 0.3) is 5.91 Å². The normalized spacial score (nSPS) is 13.5. The predicted octanol–water partition coefficient (Wildman–Crippen LogP) is 0.426. The number of nitrogens with two attached hydrogens (primary N) is 1. The van der Waals surface area contributed by atoms with Crippen molar-refractivity contribution >= 4 is 17.5 Å². The standard InChI is InChI=1S/C13H15N3O2/c14-5-1-2-6-15-13(18)9-3-4-11-10(7-9)8-12(17)16-11/h1-4,7H,5-6,8,14H2,(H,15,18)(H,16,17)/b2-1+. The molecular formula is C13H15N3O2. The Morgan fingerprint density at radius 3 is 3.06 bits per heavy atom. The van der Waals surface area contributed by atoms with Gasteiger partial charge in [0.1, 0.15) is 0 Å². The first-order chi connectivity index (χ1) is 8.70. The van der Waals surface area contributed by atoms with Crippen LogP contribution >= 0.6 is 0 Å². The number of benzene rings is 1. The highest BCUT2D eigenvalue weighted by molar-refractivity contribution is 6.01. The van der Waals surface area contributed by atoms with Gasteiger partial charge in [0.05, 0.1) is 6.42 Å². The third-order valence-corrected chi connectivity index (χ3v) is 2.68. The lowest BCUT2D eigenvalue weighted by Crippen LogP contribution is -2.23. The van der Waals surface area contributed by atoms with Crippen LogP contribution in [0.5, 0.6) is 0 Å². The molecule has 2 rings (SSSR count). The van der Waals surface area contributed by atoms with Crippen LogP contribution in [0.15, 0.2) is 30.4 Å². The van der Waals surface area contributed by atoms with E-state index in [9.17, 15) is 9.59 Å². The number of hydrogen-bond donors (Lipinski definition) is 3. The van der Waals surface area contributed by atoms with E-state index in [1.807, 2.05) is 0 Å². The number of anilines is 1. The molecule has 94 valence electrons. The van der Waals surface area contributed by atoms with Gasteiger partial charge >= 0.3 is 0 Å². The van der Waals surface area contributed by atoms with Crippen molar-refractivity contribution in [3.8, 4) is 0 Å². The molecular weight excluding hydrogens is 230 g/mol. The lowest BCUT2D eigenvalue weighted by Gasteiger charge is -2.04. The maximum Gasteiger partial charge on any atom is 0.251 e. The van der Waals surface area contributed by atoms with Crippen molar-refractivity contribution < 1.29 is 9.59 Å². The first-order valence-corrected chi connectivity index (χ1v) is 5.77. The average molecular weight is 245 g/mol. The smallest absolute Gasteiger partial charge is 0.251 e. The molecule has 0 saturated heterocycles. The summed E-state index contributed by atoms with van der Waals surface area (Å²) in [7, 11) is 0. The van der Waals surface area contributed by atoms with Crippen molar-refractivity contribution in [1.82, 2.24) is 5.32 Å². The monoisotopic (exact) mass is 245 g/mol. The van der Waals surface area contributed by atoms with E-state index >= 15 is 0 Å². The minimum absolute atomic E-state index is 0.0339. The quantitative estimate of drug-likeness (QED) is 0.672. The van der Waals surface area contributed by atoms with E-state index in [-0.39, 0.29) is 11.8 Å². The molecule has 1 aliphatic rings. The van der Waals surface area contributed by atoms with Gasteiger partial charge in [0.15, 0.2) is 0 Å². The predicted molar refractivity (Wildman–Crippen MR) is 69.3 cm³/mol. The molecule has 1 aliphatic heterocycles. The van der Waals surface area contributed by atoms with Crippen LogP contribution in [0.4, 0.5) is 5.69 Å². The van der Waals surface area contributed by atoms with Crippen LogP contribution in [-0.4, -0.2) is 24.9 Å². The summed E-state index contributed by atoms with van der Waals surface area (Å²) in [6.45, 7) is 0.910. The summed E-state index contributed by atoms with van der Waals surface area (Å²) in [5, 5.41) is 5.48. The zero-order chi connectivity index (χ0) is 13.0. The van der Waals surface area contributed by atoms with Crippen molar-refractivity contribution in [2.75, 3.05) is 18.4 Å². The molecule has 0 aromatic heterocycles. The first kappa shape index (κ1) is 12.3. The molecule has 0 unspecified atom stereocenters. The summed E-state index contributed by atoms with van der Waals surface area (Å²) < 4.78 is 0. The van der Waals surface area contributed by atoms with Crippen LogP contribution in [0.2, 0.25) is 0 Å². The van der Waals surface area contributed by atoms with E-state index in [0.29, 0.717) is 25.1 Å². The number of nitrogens with one attached hydrogen (secondary N) is 2. The van der Waals surface area contributed by atoms with Gasteiger partial charge in [-0.25, -0.2) is 0 Å². The number of amides is 2. The second-order valence-electron chi connectivity index (χ2n) is 4.01. The summed E-state index contributed by atoms with van der Waals surface area (Å²) in [6.07, 6.45) is 3.92. The molecule has 18 heavy (non-hydrogen) atoms. The van der Waals surface area contributed by atoms with Gasteiger partial charge in [-0.3, -0.25) is 9.59 Å². The molecule has 1 aromatic carbocycles. The Kier molecular flexibility index (Phi) is 3.74. The Bertz CT molecular complexity index is 509. The van der Waals surface area contributed by atoms with Crippen molar-refractivity contribution in [1.29, 1.82) is 0 Å². The molecule has 0 saturated carbocycles. The van der Waals surface area contributed by atoms with Crippen LogP contribution in [0, 0.1) is 0 Å². The molecule has 4 N–H and O–H groups in total. The largest absolute Gasteiger partial charge is 0.349 e. The molecule has 1 aromatic rings. The van der Waals surface area contributed by atoms with Gasteiger partial charge < -0.3 is 16.4 Å². The number of carbonyl (C=O) groups excluding carboxylic acids is 2. The zero-order valence-corrected chi connectivity index (χ0v) is 9.90. The number of rotatable bonds is 4. The Hall–Kier alpha value is -2.14. The third-order valence-electron chi connectivity index (χ3n) is 2.68. The molecule has 5 heteroatoms. The van der Waals surface area contributed by atoms with Crippen molar-refractivity contribution in [2.45, 2.75) is 6.42 Å². The molecule has 1 heterocycles. The Morgan fingerprint density at radius 2 is 2.28 bits per heavy atom. The molecule has 0 fully saturated rings. The topological polar surface area (TPSA) is 84.2 Å². The first-order valence-electron chi connectivity index (χ1n) is 5.77. The van der Waals surface area contributed by atoms with Crippen molar-refractivity contribution in [3.05, 3.63) is 41.5 Å². The van der Waals surface area contributed by atoms with Gasteiger partial charge in [-0.15, -0.1) is 0 Å². The van der Waals surface area contributed by atoms with E-state index in [2.05, 4.69) is 10.6 Å². The third kappa shape index (κ3) is 2.75. The van der Waals surface area contributed by atoms with Crippen molar-refractivity contribution in [3.63, 3.8) is 0 Å². The second-order valence-corrected chi connectivity index (χ2v) is 4.01. The molecule has 0 aliphatic carbocycles. The van der Waals surface area contributed by atoms with E-state index < -0.39 is 0 Å². The van der Waals surface area contributed by atoms with E-state index in [4.69, 9.17) is 5.73 Å². The lowest BCUT2D eigenvalue weighted by atomic mass is 10.1. The summed E-state index contributed by atoms with van der Waals surface area (Å²) in [5.74, 6) is -0.188. The highest BCUT2D eigenvalue weighted by atomic mass is 16.2. The van der Waals surface area contributed by atoms with Gasteiger partial charge in [0.2, 0.25) is 5.91 Å². The summed E-state index contributed by atoms with van der Waals surface area (Å²) >= 11 is 0. The van der Waals surface area contributed by atoms with Crippen LogP contribution in [0.1, 0.15) is 15.9 Å². The van der Waals surface area contributed by atoms with E-state index in [0.717, 1.165) is 11.3 Å². The summed E-state index contributed by atoms with van der Waals surface area (Å²) in [5.41, 5.74) is 7.51. The molecule has 0 bridgehead atoms. The molecule has 0 radical (unpaired) electrons. The van der Waals surface area contributed by atoms with E-state index in [1.165, 1.54) is 0 Å². The molecule has 0 atom stereocenters. The fourth-order valence-electron chi connectivity index (χ4n) is 1.80. The highest BCUT2D eigenvalue weighted by Gasteiger charge is 2.18. The zero-order valence-electron chi connectivity index (χ0n) is 9.90. The van der Waals surface area contributed by atoms with Crippen LogP contribution < -0.4 is 16.4 Å². The van der Waals surface area contributed by atoms with Gasteiger partial charge in [-0.1, -0.05) is 12.2 Å². The SMILES string of the molecule is NC/C=C/CNC(=O)c1ccc2c(c1)CC(=O)N2. The summed E-state index contributed by atoms with van der Waals surface area (Å²) in [4.78, 5) is 23.0. The average Bonchev–Trinajstić information content (AvgIpc) is 2.73. The highest BCUT2D eigenvalue weighted by Crippen LogP contribution is 2.23. The Balaban J connectivity index is 2.01. The maximum absolute atomic E-state index is 11.8. The van der Waals surface area contributed by atoms with Crippen molar-refractivity contribution in [2.24, 2.45) is 5.73 Å². The number of hydrogen-bond acceptors (Lipinski definition) is 3. The second kappa shape index (κ2) is 5.46. The number of fused-ring (bicyclic) bond motifs is 1. The van der Waals surface area contributed by atoms with Crippen LogP contribution in [-0.2, 0) is 11.2 Å². The minimum atomic E-state index is -0.154. The van der Waals surface area contributed by atoms with Gasteiger partial charge in [-0.05, 0) is 23.8 Å². The Labute approximate surface area is 105 Å². The van der Waals surface area contributed by atoms with Gasteiger partial charge in [0, 0.05) is 24.3 Å². The fraction of sp³-hybridized carbons (Fsp3) is 0.231. The van der Waals surface area contributed by atoms with E-state index in [1.54, 1.807) is 30.4 Å². The molecule has 0 spiro atoms. The lowest BCUT2D eigenvalue weighted by molar-refractivity contribution is -0.115.